The molecular weight excluding hydrogens is 236 g/mol. The van der Waals surface area contributed by atoms with Crippen LogP contribution in [0.1, 0.15) is 43.6 Å². The molecule has 0 saturated carbocycles. The molecular formula is C17H24O2. The zero-order valence-electron chi connectivity index (χ0n) is 11.8. The summed E-state index contributed by atoms with van der Waals surface area (Å²) in [6.07, 6.45) is 6.27. The molecule has 1 saturated heterocycles. The van der Waals surface area contributed by atoms with Crippen molar-refractivity contribution in [3.05, 3.63) is 48.0 Å². The highest BCUT2D eigenvalue weighted by molar-refractivity contribution is 5.23. The van der Waals surface area contributed by atoms with Gasteiger partial charge in [-0.05, 0) is 31.2 Å². The van der Waals surface area contributed by atoms with E-state index in [1.807, 2.05) is 6.08 Å². The Morgan fingerprint density at radius 1 is 1.21 bits per heavy atom. The van der Waals surface area contributed by atoms with Crippen LogP contribution in [-0.2, 0) is 15.9 Å². The van der Waals surface area contributed by atoms with Crippen molar-refractivity contribution in [3.63, 3.8) is 0 Å². The van der Waals surface area contributed by atoms with Gasteiger partial charge in [0.15, 0.2) is 6.29 Å². The zero-order valence-corrected chi connectivity index (χ0v) is 11.8. The van der Waals surface area contributed by atoms with Crippen molar-refractivity contribution >= 4 is 0 Å². The van der Waals surface area contributed by atoms with E-state index in [1.54, 1.807) is 0 Å². The third-order valence-corrected chi connectivity index (χ3v) is 3.67. The van der Waals surface area contributed by atoms with Crippen molar-refractivity contribution in [3.8, 4) is 0 Å². The molecule has 1 fully saturated rings. The van der Waals surface area contributed by atoms with Crippen LogP contribution in [0.2, 0.25) is 0 Å². The van der Waals surface area contributed by atoms with E-state index < -0.39 is 0 Å². The van der Waals surface area contributed by atoms with Crippen LogP contribution >= 0.6 is 0 Å². The molecule has 2 rings (SSSR count). The predicted molar refractivity (Wildman–Crippen MR) is 78.0 cm³/mol. The third-order valence-electron chi connectivity index (χ3n) is 3.67. The molecule has 1 aliphatic rings. The molecule has 0 N–H and O–H groups in total. The molecule has 2 nitrogen and oxygen atoms in total. The molecule has 19 heavy (non-hydrogen) atoms. The van der Waals surface area contributed by atoms with Gasteiger partial charge >= 0.3 is 0 Å². The summed E-state index contributed by atoms with van der Waals surface area (Å²) < 4.78 is 11.5. The lowest BCUT2D eigenvalue weighted by Crippen LogP contribution is -2.26. The molecule has 0 bridgehead atoms. The maximum atomic E-state index is 5.77. The normalized spacial score (nSPS) is 23.2. The SMILES string of the molecule is C=CCCCc1ccc(C2OCC(CC)CO2)cc1. The quantitative estimate of drug-likeness (QED) is 0.562. The van der Waals surface area contributed by atoms with Gasteiger partial charge in [-0.2, -0.15) is 0 Å². The van der Waals surface area contributed by atoms with Gasteiger partial charge in [-0.25, -0.2) is 0 Å². The van der Waals surface area contributed by atoms with Crippen LogP contribution in [0.5, 0.6) is 0 Å². The minimum atomic E-state index is -0.176. The highest BCUT2D eigenvalue weighted by Crippen LogP contribution is 2.26. The smallest absolute Gasteiger partial charge is 0.183 e. The molecule has 0 atom stereocenters. The number of hydrogen-bond acceptors (Lipinski definition) is 2. The minimum absolute atomic E-state index is 0.176. The first-order valence-electron chi connectivity index (χ1n) is 7.26. The lowest BCUT2D eigenvalue weighted by molar-refractivity contribution is -0.205. The van der Waals surface area contributed by atoms with E-state index in [9.17, 15) is 0 Å². The first-order valence-corrected chi connectivity index (χ1v) is 7.26. The summed E-state index contributed by atoms with van der Waals surface area (Å²) in [7, 11) is 0. The molecule has 1 aromatic rings. The first kappa shape index (κ1) is 14.3. The highest BCUT2D eigenvalue weighted by Gasteiger charge is 2.22. The second-order valence-corrected chi connectivity index (χ2v) is 5.20. The molecule has 104 valence electrons. The van der Waals surface area contributed by atoms with Gasteiger partial charge in [-0.3, -0.25) is 0 Å². The van der Waals surface area contributed by atoms with E-state index in [0.717, 1.165) is 44.5 Å². The van der Waals surface area contributed by atoms with E-state index in [1.165, 1.54) is 5.56 Å². The van der Waals surface area contributed by atoms with Gasteiger partial charge in [0.2, 0.25) is 0 Å². The number of rotatable bonds is 6. The summed E-state index contributed by atoms with van der Waals surface area (Å²) in [5.41, 5.74) is 2.50. The van der Waals surface area contributed by atoms with E-state index in [4.69, 9.17) is 9.47 Å². The van der Waals surface area contributed by atoms with Crippen molar-refractivity contribution in [1.29, 1.82) is 0 Å². The summed E-state index contributed by atoms with van der Waals surface area (Å²) >= 11 is 0. The van der Waals surface area contributed by atoms with Gasteiger partial charge in [0, 0.05) is 11.5 Å². The lowest BCUT2D eigenvalue weighted by Gasteiger charge is -2.29. The monoisotopic (exact) mass is 260 g/mol. The number of allylic oxidation sites excluding steroid dienone is 1. The zero-order chi connectivity index (χ0) is 13.5. The Morgan fingerprint density at radius 3 is 2.47 bits per heavy atom. The fourth-order valence-electron chi connectivity index (χ4n) is 2.26. The van der Waals surface area contributed by atoms with Gasteiger partial charge in [-0.15, -0.1) is 6.58 Å². The van der Waals surface area contributed by atoms with Crippen LogP contribution in [0.25, 0.3) is 0 Å². The van der Waals surface area contributed by atoms with E-state index >= 15 is 0 Å². The van der Waals surface area contributed by atoms with Gasteiger partial charge in [0.25, 0.3) is 0 Å². The summed E-state index contributed by atoms with van der Waals surface area (Å²) in [4.78, 5) is 0. The summed E-state index contributed by atoms with van der Waals surface area (Å²) in [6.45, 7) is 7.54. The van der Waals surface area contributed by atoms with E-state index in [-0.39, 0.29) is 6.29 Å². The third kappa shape index (κ3) is 4.19. The molecule has 1 aliphatic heterocycles. The molecule has 0 spiro atoms. The van der Waals surface area contributed by atoms with E-state index in [0.29, 0.717) is 5.92 Å². The van der Waals surface area contributed by atoms with Crippen LogP contribution in [0.3, 0.4) is 0 Å². The Labute approximate surface area is 116 Å². The van der Waals surface area contributed by atoms with Crippen molar-refractivity contribution < 1.29 is 9.47 Å². The number of unbranched alkanes of at least 4 members (excludes halogenated alkanes) is 1. The largest absolute Gasteiger partial charge is 0.348 e. The molecule has 0 amide bonds. The Kier molecular flexibility index (Phi) is 5.62. The minimum Gasteiger partial charge on any atom is -0.348 e. The molecule has 2 heteroatoms. The first-order chi connectivity index (χ1) is 9.33. The van der Waals surface area contributed by atoms with Crippen LogP contribution in [0.4, 0.5) is 0 Å². The molecule has 1 heterocycles. The summed E-state index contributed by atoms with van der Waals surface area (Å²) in [6, 6.07) is 8.61. The standard InChI is InChI=1S/C17H24O2/c1-3-5-6-7-15-8-10-16(11-9-15)17-18-12-14(4-2)13-19-17/h3,8-11,14,17H,1,4-7,12-13H2,2H3. The van der Waals surface area contributed by atoms with Crippen LogP contribution in [-0.4, -0.2) is 13.2 Å². The molecule has 0 aliphatic carbocycles. The van der Waals surface area contributed by atoms with Gasteiger partial charge in [0.1, 0.15) is 0 Å². The predicted octanol–water partition coefficient (Wildman–Crippen LogP) is 4.27. The second-order valence-electron chi connectivity index (χ2n) is 5.20. The summed E-state index contributed by atoms with van der Waals surface area (Å²) in [5.74, 6) is 0.550. The molecule has 0 unspecified atom stereocenters. The Morgan fingerprint density at radius 2 is 1.89 bits per heavy atom. The summed E-state index contributed by atoms with van der Waals surface area (Å²) in [5, 5.41) is 0. The van der Waals surface area contributed by atoms with Crippen LogP contribution in [0, 0.1) is 5.92 Å². The average Bonchev–Trinajstić information content (AvgIpc) is 2.48. The number of benzene rings is 1. The Bertz CT molecular complexity index is 375. The van der Waals surface area contributed by atoms with Gasteiger partial charge in [0.05, 0.1) is 13.2 Å². The average molecular weight is 260 g/mol. The van der Waals surface area contributed by atoms with Gasteiger partial charge in [-0.1, -0.05) is 37.3 Å². The molecule has 0 radical (unpaired) electrons. The van der Waals surface area contributed by atoms with Crippen molar-refractivity contribution in [2.24, 2.45) is 5.92 Å². The maximum absolute atomic E-state index is 5.77. The maximum Gasteiger partial charge on any atom is 0.183 e. The Hall–Kier alpha value is -1.12. The number of ether oxygens (including phenoxy) is 2. The molecule has 1 aromatic carbocycles. The van der Waals surface area contributed by atoms with Crippen LogP contribution in [0.15, 0.2) is 36.9 Å². The fourth-order valence-corrected chi connectivity index (χ4v) is 2.26. The highest BCUT2D eigenvalue weighted by atomic mass is 16.7. The van der Waals surface area contributed by atoms with E-state index in [2.05, 4.69) is 37.8 Å². The van der Waals surface area contributed by atoms with Crippen LogP contribution < -0.4 is 0 Å². The van der Waals surface area contributed by atoms with Crippen molar-refractivity contribution in [1.82, 2.24) is 0 Å². The molecule has 0 aromatic heterocycles. The van der Waals surface area contributed by atoms with Gasteiger partial charge < -0.3 is 9.47 Å². The van der Waals surface area contributed by atoms with Crippen molar-refractivity contribution in [2.45, 2.75) is 38.9 Å². The Balaban J connectivity index is 1.86. The lowest BCUT2D eigenvalue weighted by atomic mass is 10.0. The topological polar surface area (TPSA) is 18.5 Å². The number of aryl methyl sites for hydroxylation is 1. The second kappa shape index (κ2) is 7.46. The number of hydrogen-bond donors (Lipinski definition) is 0. The van der Waals surface area contributed by atoms with Crippen molar-refractivity contribution in [2.75, 3.05) is 13.2 Å². The fraction of sp³-hybridized carbons (Fsp3) is 0.529.